The van der Waals surface area contributed by atoms with E-state index in [9.17, 15) is 4.79 Å². The van der Waals surface area contributed by atoms with E-state index in [1.807, 2.05) is 11.8 Å². The van der Waals surface area contributed by atoms with Crippen molar-refractivity contribution < 1.29 is 9.21 Å². The molecule has 1 fully saturated rings. The molecule has 1 aliphatic heterocycles. The summed E-state index contributed by atoms with van der Waals surface area (Å²) in [6, 6.07) is -0.00255. The van der Waals surface area contributed by atoms with Crippen LogP contribution in [0.25, 0.3) is 0 Å². The Bertz CT molecular complexity index is 363. The van der Waals surface area contributed by atoms with Crippen LogP contribution in [0.4, 0.5) is 0 Å². The standard InChI is InChI=1S/C9H14N4O2/c1-6(9-12-11-7(2)15-9)13-4-3-10-8(14)5-13/h6H,3-5H2,1-2H3,(H,10,14). The molecule has 82 valence electrons. The molecule has 1 N–H and O–H groups in total. The summed E-state index contributed by atoms with van der Waals surface area (Å²) in [6.07, 6.45) is 0. The van der Waals surface area contributed by atoms with E-state index < -0.39 is 0 Å². The Morgan fingerprint density at radius 3 is 2.93 bits per heavy atom. The Balaban J connectivity index is 2.06. The summed E-state index contributed by atoms with van der Waals surface area (Å²) in [7, 11) is 0. The van der Waals surface area contributed by atoms with E-state index in [1.54, 1.807) is 6.92 Å². The van der Waals surface area contributed by atoms with Crippen molar-refractivity contribution in [1.82, 2.24) is 20.4 Å². The van der Waals surface area contributed by atoms with Gasteiger partial charge in [0.05, 0.1) is 12.6 Å². The fraction of sp³-hybridized carbons (Fsp3) is 0.667. The van der Waals surface area contributed by atoms with Crippen LogP contribution in [0.15, 0.2) is 4.42 Å². The molecule has 15 heavy (non-hydrogen) atoms. The second kappa shape index (κ2) is 3.98. The molecule has 1 aliphatic rings. The lowest BCUT2D eigenvalue weighted by Crippen LogP contribution is -2.48. The molecule has 6 heteroatoms. The summed E-state index contributed by atoms with van der Waals surface area (Å²) in [5.41, 5.74) is 0. The minimum Gasteiger partial charge on any atom is -0.424 e. The Kier molecular flexibility index (Phi) is 2.68. The quantitative estimate of drug-likeness (QED) is 0.736. The Morgan fingerprint density at radius 2 is 2.33 bits per heavy atom. The number of carbonyl (C=O) groups is 1. The van der Waals surface area contributed by atoms with E-state index in [0.29, 0.717) is 24.9 Å². The van der Waals surface area contributed by atoms with E-state index in [-0.39, 0.29) is 11.9 Å². The summed E-state index contributed by atoms with van der Waals surface area (Å²) in [5, 5.41) is 10.5. The molecule has 1 aromatic rings. The fourth-order valence-corrected chi connectivity index (χ4v) is 1.63. The van der Waals surface area contributed by atoms with Crippen molar-refractivity contribution in [2.75, 3.05) is 19.6 Å². The number of rotatable bonds is 2. The molecule has 0 aliphatic carbocycles. The maximum absolute atomic E-state index is 11.2. The predicted molar refractivity (Wildman–Crippen MR) is 52.0 cm³/mol. The lowest BCUT2D eigenvalue weighted by Gasteiger charge is -2.29. The van der Waals surface area contributed by atoms with E-state index in [2.05, 4.69) is 15.5 Å². The molecule has 0 radical (unpaired) electrons. The van der Waals surface area contributed by atoms with Gasteiger partial charge in [0.25, 0.3) is 0 Å². The van der Waals surface area contributed by atoms with Crippen molar-refractivity contribution >= 4 is 5.91 Å². The fourth-order valence-electron chi connectivity index (χ4n) is 1.63. The molecule has 1 atom stereocenters. The molecule has 1 amide bonds. The molecule has 1 saturated heterocycles. The number of aryl methyl sites for hydroxylation is 1. The van der Waals surface area contributed by atoms with E-state index in [4.69, 9.17) is 4.42 Å². The second-order valence-corrected chi connectivity index (χ2v) is 3.66. The largest absolute Gasteiger partial charge is 0.424 e. The van der Waals surface area contributed by atoms with E-state index in [0.717, 1.165) is 6.54 Å². The van der Waals surface area contributed by atoms with Gasteiger partial charge in [0, 0.05) is 20.0 Å². The third-order valence-electron chi connectivity index (χ3n) is 2.51. The third-order valence-corrected chi connectivity index (χ3v) is 2.51. The third kappa shape index (κ3) is 2.15. The Hall–Kier alpha value is -1.43. The minimum absolute atomic E-state index is 0.00255. The number of nitrogens with zero attached hydrogens (tertiary/aromatic N) is 3. The number of hydrogen-bond acceptors (Lipinski definition) is 5. The maximum Gasteiger partial charge on any atom is 0.234 e. The van der Waals surface area contributed by atoms with Crippen LogP contribution in [0, 0.1) is 6.92 Å². The molecule has 0 aromatic carbocycles. The number of hydrogen-bond donors (Lipinski definition) is 1. The van der Waals surface area contributed by atoms with Gasteiger partial charge in [-0.2, -0.15) is 0 Å². The summed E-state index contributed by atoms with van der Waals surface area (Å²) in [6.45, 7) is 5.60. The summed E-state index contributed by atoms with van der Waals surface area (Å²) < 4.78 is 5.34. The van der Waals surface area contributed by atoms with Crippen LogP contribution in [-0.4, -0.2) is 40.6 Å². The van der Waals surface area contributed by atoms with Gasteiger partial charge in [-0.15, -0.1) is 10.2 Å². The van der Waals surface area contributed by atoms with Crippen LogP contribution in [0.3, 0.4) is 0 Å². The van der Waals surface area contributed by atoms with Gasteiger partial charge < -0.3 is 9.73 Å². The first kappa shape index (κ1) is 10.1. The minimum atomic E-state index is -0.00255. The van der Waals surface area contributed by atoms with E-state index in [1.165, 1.54) is 0 Å². The molecule has 0 saturated carbocycles. The van der Waals surface area contributed by atoms with Crippen LogP contribution < -0.4 is 5.32 Å². The molecule has 2 heterocycles. The van der Waals surface area contributed by atoms with Gasteiger partial charge in [0.1, 0.15) is 0 Å². The van der Waals surface area contributed by atoms with Gasteiger partial charge >= 0.3 is 0 Å². The first-order valence-electron chi connectivity index (χ1n) is 4.97. The Labute approximate surface area is 87.7 Å². The average molecular weight is 210 g/mol. The van der Waals surface area contributed by atoms with Crippen LogP contribution in [-0.2, 0) is 4.79 Å². The number of piperazine rings is 1. The number of amides is 1. The van der Waals surface area contributed by atoms with E-state index >= 15 is 0 Å². The highest BCUT2D eigenvalue weighted by Crippen LogP contribution is 2.18. The molecular weight excluding hydrogens is 196 g/mol. The zero-order valence-electron chi connectivity index (χ0n) is 8.86. The highest BCUT2D eigenvalue weighted by atomic mass is 16.4. The normalized spacial score (nSPS) is 20.0. The lowest BCUT2D eigenvalue weighted by atomic mass is 10.2. The van der Waals surface area contributed by atoms with Crippen LogP contribution in [0.1, 0.15) is 24.7 Å². The number of aromatic nitrogens is 2. The number of nitrogens with one attached hydrogen (secondary N) is 1. The second-order valence-electron chi connectivity index (χ2n) is 3.66. The van der Waals surface area contributed by atoms with Crippen LogP contribution in [0.2, 0.25) is 0 Å². The highest BCUT2D eigenvalue weighted by Gasteiger charge is 2.25. The van der Waals surface area contributed by atoms with Crippen LogP contribution >= 0.6 is 0 Å². The first-order valence-corrected chi connectivity index (χ1v) is 4.97. The monoisotopic (exact) mass is 210 g/mol. The van der Waals surface area contributed by atoms with Gasteiger partial charge in [-0.05, 0) is 6.92 Å². The van der Waals surface area contributed by atoms with Crippen LogP contribution in [0.5, 0.6) is 0 Å². The molecular formula is C9H14N4O2. The molecule has 0 spiro atoms. The molecule has 1 unspecified atom stereocenters. The van der Waals surface area contributed by atoms with Crippen molar-refractivity contribution in [3.05, 3.63) is 11.8 Å². The SMILES string of the molecule is Cc1nnc(C(C)N2CCNC(=O)C2)o1. The molecule has 0 bridgehead atoms. The highest BCUT2D eigenvalue weighted by molar-refractivity contribution is 5.78. The smallest absolute Gasteiger partial charge is 0.234 e. The van der Waals surface area contributed by atoms with Gasteiger partial charge in [0.2, 0.25) is 17.7 Å². The van der Waals surface area contributed by atoms with Crippen molar-refractivity contribution in [3.63, 3.8) is 0 Å². The zero-order valence-corrected chi connectivity index (χ0v) is 8.86. The van der Waals surface area contributed by atoms with Crippen molar-refractivity contribution in [3.8, 4) is 0 Å². The van der Waals surface area contributed by atoms with Gasteiger partial charge in [-0.1, -0.05) is 0 Å². The Morgan fingerprint density at radius 1 is 1.53 bits per heavy atom. The average Bonchev–Trinajstić information content (AvgIpc) is 2.64. The van der Waals surface area contributed by atoms with Gasteiger partial charge in [-0.25, -0.2) is 0 Å². The van der Waals surface area contributed by atoms with Crippen molar-refractivity contribution in [2.45, 2.75) is 19.9 Å². The summed E-state index contributed by atoms with van der Waals surface area (Å²) in [5.74, 6) is 1.17. The summed E-state index contributed by atoms with van der Waals surface area (Å²) in [4.78, 5) is 13.2. The number of carbonyl (C=O) groups excluding carboxylic acids is 1. The molecule has 1 aromatic heterocycles. The zero-order chi connectivity index (χ0) is 10.8. The maximum atomic E-state index is 11.2. The lowest BCUT2D eigenvalue weighted by molar-refractivity contribution is -0.124. The van der Waals surface area contributed by atoms with Gasteiger partial charge in [0.15, 0.2) is 0 Å². The predicted octanol–water partition coefficient (Wildman–Crippen LogP) is -0.129. The topological polar surface area (TPSA) is 71.3 Å². The molecule has 2 rings (SSSR count). The van der Waals surface area contributed by atoms with Gasteiger partial charge in [-0.3, -0.25) is 9.69 Å². The van der Waals surface area contributed by atoms with Crippen molar-refractivity contribution in [2.24, 2.45) is 0 Å². The molecule has 6 nitrogen and oxygen atoms in total. The summed E-state index contributed by atoms with van der Waals surface area (Å²) >= 11 is 0. The first-order chi connectivity index (χ1) is 7.16. The van der Waals surface area contributed by atoms with Crippen molar-refractivity contribution in [1.29, 1.82) is 0 Å².